The molecule has 0 radical (unpaired) electrons. The lowest BCUT2D eigenvalue weighted by molar-refractivity contribution is 0.270. The minimum absolute atomic E-state index is 0.279. The number of nitrogens with zero attached hydrogens (tertiary/aromatic N) is 2. The molecule has 0 saturated carbocycles. The molecule has 0 amide bonds. The van der Waals surface area contributed by atoms with Crippen molar-refractivity contribution >= 4 is 5.70 Å². The summed E-state index contributed by atoms with van der Waals surface area (Å²) in [6, 6.07) is 10.5. The van der Waals surface area contributed by atoms with Crippen molar-refractivity contribution in [2.45, 2.75) is 12.6 Å². The van der Waals surface area contributed by atoms with Crippen molar-refractivity contribution in [3.05, 3.63) is 66.0 Å². The van der Waals surface area contributed by atoms with Crippen LogP contribution in [0.4, 0.5) is 0 Å². The smallest absolute Gasteiger partial charge is 0.125 e. The van der Waals surface area contributed by atoms with Crippen molar-refractivity contribution in [2.75, 3.05) is 13.6 Å². The minimum atomic E-state index is 0.279. The number of hydrogen-bond acceptors (Lipinski definition) is 3. The van der Waals surface area contributed by atoms with Crippen molar-refractivity contribution in [1.82, 2.24) is 9.80 Å². The molecule has 0 spiro atoms. The quantitative estimate of drug-likeness (QED) is 0.897. The number of allylic oxidation sites excluding steroid dienone is 2. The third-order valence-electron chi connectivity index (χ3n) is 3.69. The summed E-state index contributed by atoms with van der Waals surface area (Å²) in [7, 11) is 2.15. The summed E-state index contributed by atoms with van der Waals surface area (Å²) in [4.78, 5) is 4.63. The highest BCUT2D eigenvalue weighted by Gasteiger charge is 2.33. The predicted molar refractivity (Wildman–Crippen MR) is 78.7 cm³/mol. The molecule has 0 aliphatic carbocycles. The summed E-state index contributed by atoms with van der Waals surface area (Å²) in [6.07, 6.45) is 9.71. The first-order chi connectivity index (χ1) is 9.33. The van der Waals surface area contributed by atoms with Crippen LogP contribution in [0.15, 0.2) is 60.5 Å². The lowest BCUT2D eigenvalue weighted by atomic mass is 10.1. The highest BCUT2D eigenvalue weighted by Crippen LogP contribution is 2.37. The molecule has 1 atom stereocenters. The first-order valence-corrected chi connectivity index (χ1v) is 6.67. The molecule has 1 unspecified atom stereocenters. The zero-order valence-corrected chi connectivity index (χ0v) is 11.2. The van der Waals surface area contributed by atoms with Gasteiger partial charge in [0.1, 0.15) is 6.17 Å². The number of hydrogen-bond donors (Lipinski definition) is 1. The number of likely N-dealkylation sites (N-methyl/N-ethyl adjacent to an activating group) is 1. The van der Waals surface area contributed by atoms with Gasteiger partial charge in [-0.3, -0.25) is 0 Å². The van der Waals surface area contributed by atoms with Crippen LogP contribution in [-0.4, -0.2) is 29.6 Å². The van der Waals surface area contributed by atoms with E-state index in [1.807, 2.05) is 0 Å². The Labute approximate surface area is 114 Å². The van der Waals surface area contributed by atoms with Gasteiger partial charge < -0.3 is 15.5 Å². The van der Waals surface area contributed by atoms with E-state index in [0.29, 0.717) is 6.54 Å². The summed E-state index contributed by atoms with van der Waals surface area (Å²) in [5, 5.41) is 0. The van der Waals surface area contributed by atoms with E-state index >= 15 is 0 Å². The molecular formula is C16H19N3. The fraction of sp³-hybridized carbons (Fsp3) is 0.250. The van der Waals surface area contributed by atoms with Gasteiger partial charge in [-0.15, -0.1) is 0 Å². The second-order valence-corrected chi connectivity index (χ2v) is 4.86. The predicted octanol–water partition coefficient (Wildman–Crippen LogP) is 2.36. The SMILES string of the molecule is CN1C(c2ccccc2)=C(CCN)N2C=CC=CC12. The number of fused-ring (bicyclic) bond motifs is 1. The zero-order valence-electron chi connectivity index (χ0n) is 11.2. The third-order valence-corrected chi connectivity index (χ3v) is 3.69. The maximum atomic E-state index is 5.79. The Hall–Kier alpha value is -2.00. The van der Waals surface area contributed by atoms with Gasteiger partial charge in [0.05, 0.1) is 5.70 Å². The lowest BCUT2D eigenvalue weighted by Crippen LogP contribution is -2.34. The van der Waals surface area contributed by atoms with Gasteiger partial charge in [0.2, 0.25) is 0 Å². The van der Waals surface area contributed by atoms with Crippen LogP contribution in [0.25, 0.3) is 5.70 Å². The van der Waals surface area contributed by atoms with E-state index in [-0.39, 0.29) is 6.17 Å². The highest BCUT2D eigenvalue weighted by atomic mass is 15.4. The van der Waals surface area contributed by atoms with Gasteiger partial charge in [-0.05, 0) is 24.3 Å². The molecular weight excluding hydrogens is 234 g/mol. The first-order valence-electron chi connectivity index (χ1n) is 6.67. The minimum Gasteiger partial charge on any atom is -0.349 e. The normalized spacial score (nSPS) is 21.3. The second kappa shape index (κ2) is 4.94. The Morgan fingerprint density at radius 1 is 1.16 bits per heavy atom. The molecule has 3 heteroatoms. The molecule has 0 bridgehead atoms. The third kappa shape index (κ3) is 1.96. The van der Waals surface area contributed by atoms with E-state index in [0.717, 1.165) is 6.42 Å². The maximum absolute atomic E-state index is 5.79. The van der Waals surface area contributed by atoms with Crippen molar-refractivity contribution in [1.29, 1.82) is 0 Å². The van der Waals surface area contributed by atoms with Crippen molar-refractivity contribution < 1.29 is 0 Å². The molecule has 3 nitrogen and oxygen atoms in total. The van der Waals surface area contributed by atoms with Gasteiger partial charge in [-0.1, -0.05) is 36.4 Å². The Bertz CT molecular complexity index is 542. The van der Waals surface area contributed by atoms with Gasteiger partial charge in [0.25, 0.3) is 0 Å². The van der Waals surface area contributed by atoms with Crippen LogP contribution < -0.4 is 5.73 Å². The fourth-order valence-electron chi connectivity index (χ4n) is 2.86. The largest absolute Gasteiger partial charge is 0.349 e. The Kier molecular flexibility index (Phi) is 3.13. The van der Waals surface area contributed by atoms with E-state index < -0.39 is 0 Å². The maximum Gasteiger partial charge on any atom is 0.125 e. The Morgan fingerprint density at radius 2 is 1.95 bits per heavy atom. The van der Waals surface area contributed by atoms with E-state index in [2.05, 4.69) is 71.6 Å². The molecule has 0 saturated heterocycles. The van der Waals surface area contributed by atoms with Gasteiger partial charge >= 0.3 is 0 Å². The van der Waals surface area contributed by atoms with Gasteiger partial charge in [0.15, 0.2) is 0 Å². The van der Waals surface area contributed by atoms with Crippen LogP contribution in [-0.2, 0) is 0 Å². The van der Waals surface area contributed by atoms with Crippen molar-refractivity contribution in [3.8, 4) is 0 Å². The molecule has 0 fully saturated rings. The van der Waals surface area contributed by atoms with Crippen LogP contribution in [0.1, 0.15) is 12.0 Å². The van der Waals surface area contributed by atoms with Gasteiger partial charge in [-0.2, -0.15) is 0 Å². The van der Waals surface area contributed by atoms with E-state index in [4.69, 9.17) is 5.73 Å². The van der Waals surface area contributed by atoms with Crippen molar-refractivity contribution in [3.63, 3.8) is 0 Å². The summed E-state index contributed by atoms with van der Waals surface area (Å²) in [5.41, 5.74) is 9.64. The van der Waals surface area contributed by atoms with E-state index in [9.17, 15) is 0 Å². The Morgan fingerprint density at radius 3 is 2.68 bits per heavy atom. The first kappa shape index (κ1) is 12.1. The van der Waals surface area contributed by atoms with Crippen molar-refractivity contribution in [2.24, 2.45) is 5.73 Å². The lowest BCUT2D eigenvalue weighted by Gasteiger charge is -2.29. The van der Waals surface area contributed by atoms with Crippen LogP contribution in [0.3, 0.4) is 0 Å². The summed E-state index contributed by atoms with van der Waals surface area (Å²) in [6.45, 7) is 0.667. The molecule has 1 aromatic rings. The molecule has 2 N–H and O–H groups in total. The van der Waals surface area contributed by atoms with E-state index in [1.165, 1.54) is 17.0 Å². The van der Waals surface area contributed by atoms with Crippen LogP contribution in [0, 0.1) is 0 Å². The highest BCUT2D eigenvalue weighted by molar-refractivity contribution is 5.70. The Balaban J connectivity index is 2.08. The molecule has 0 aromatic heterocycles. The standard InChI is InChI=1S/C16H19N3/c1-18-15-9-5-6-12-19(15)14(10-11-17)16(18)13-7-3-2-4-8-13/h2-9,12,15H,10-11,17H2,1H3. The van der Waals surface area contributed by atoms with Gasteiger partial charge in [-0.25, -0.2) is 0 Å². The number of benzene rings is 1. The summed E-state index contributed by atoms with van der Waals surface area (Å²) >= 11 is 0. The molecule has 2 aliphatic heterocycles. The summed E-state index contributed by atoms with van der Waals surface area (Å²) in [5.74, 6) is 0. The van der Waals surface area contributed by atoms with Crippen LogP contribution in [0.5, 0.6) is 0 Å². The number of rotatable bonds is 3. The molecule has 1 aromatic carbocycles. The molecule has 2 heterocycles. The van der Waals surface area contributed by atoms with Crippen LogP contribution >= 0.6 is 0 Å². The molecule has 19 heavy (non-hydrogen) atoms. The molecule has 3 rings (SSSR count). The zero-order chi connectivity index (χ0) is 13.2. The van der Waals surface area contributed by atoms with Crippen LogP contribution in [0.2, 0.25) is 0 Å². The van der Waals surface area contributed by atoms with E-state index in [1.54, 1.807) is 0 Å². The number of nitrogens with two attached hydrogens (primary N) is 1. The molecule has 2 aliphatic rings. The average Bonchev–Trinajstić information content (AvgIpc) is 2.74. The second-order valence-electron chi connectivity index (χ2n) is 4.86. The average molecular weight is 253 g/mol. The summed E-state index contributed by atoms with van der Waals surface area (Å²) < 4.78 is 0. The van der Waals surface area contributed by atoms with Gasteiger partial charge in [0, 0.05) is 25.4 Å². The molecule has 98 valence electrons. The topological polar surface area (TPSA) is 32.5 Å². The fourth-order valence-corrected chi connectivity index (χ4v) is 2.86. The monoisotopic (exact) mass is 253 g/mol.